The zero-order valence-electron chi connectivity index (χ0n) is 19.6. The second-order valence-electron chi connectivity index (χ2n) is 8.78. The summed E-state index contributed by atoms with van der Waals surface area (Å²) >= 11 is 2.17. The Morgan fingerprint density at radius 2 is 1.94 bits per heavy atom. The van der Waals surface area contributed by atoms with Crippen LogP contribution in [0.15, 0.2) is 35.9 Å². The number of ether oxygens (including phenoxy) is 2. The molecule has 0 aromatic heterocycles. The first kappa shape index (κ1) is 26.9. The summed E-state index contributed by atoms with van der Waals surface area (Å²) in [4.78, 5) is 28.0. The molecular weight excluding hydrogens is 551 g/mol. The van der Waals surface area contributed by atoms with E-state index in [1.54, 1.807) is 13.2 Å². The van der Waals surface area contributed by atoms with Crippen LogP contribution in [0.3, 0.4) is 0 Å². The van der Waals surface area contributed by atoms with Gasteiger partial charge in [0.1, 0.15) is 18.0 Å². The van der Waals surface area contributed by atoms with E-state index in [0.717, 1.165) is 35.7 Å². The number of carbonyl (C=O) groups excluding carboxylic acids is 2. The Hall–Kier alpha value is -1.69. The Balaban J connectivity index is 1.94. The Labute approximate surface area is 214 Å². The Morgan fingerprint density at radius 1 is 1.21 bits per heavy atom. The molecule has 0 saturated heterocycles. The van der Waals surface area contributed by atoms with Gasteiger partial charge in [-0.15, -0.1) is 0 Å². The molecule has 0 radical (unpaired) electrons. The fourth-order valence-corrected chi connectivity index (χ4v) is 5.29. The number of benzene rings is 1. The molecule has 1 saturated carbocycles. The third-order valence-electron chi connectivity index (χ3n) is 6.45. The third kappa shape index (κ3) is 6.93. The van der Waals surface area contributed by atoms with Gasteiger partial charge in [-0.1, -0.05) is 31.4 Å². The van der Waals surface area contributed by atoms with Crippen molar-refractivity contribution in [2.45, 2.75) is 69.2 Å². The van der Waals surface area contributed by atoms with E-state index in [2.05, 4.69) is 27.9 Å². The van der Waals surface area contributed by atoms with Gasteiger partial charge in [-0.05, 0) is 53.6 Å². The Morgan fingerprint density at radius 3 is 2.62 bits per heavy atom. The average molecular weight is 586 g/mol. The first-order valence-electron chi connectivity index (χ1n) is 11.9. The van der Waals surface area contributed by atoms with Crippen LogP contribution in [-0.2, 0) is 14.3 Å². The summed E-state index contributed by atoms with van der Waals surface area (Å²) in [6.07, 6.45) is 5.23. The highest BCUT2D eigenvalue weighted by Gasteiger charge is 2.43. The van der Waals surface area contributed by atoms with Crippen LogP contribution < -0.4 is 10.1 Å². The number of nitrogens with one attached hydrogen (secondary N) is 1. The minimum absolute atomic E-state index is 0.00937. The van der Waals surface area contributed by atoms with E-state index in [-0.39, 0.29) is 43.8 Å². The van der Waals surface area contributed by atoms with Crippen molar-refractivity contribution in [3.8, 4) is 5.75 Å². The molecule has 3 rings (SSSR count). The molecule has 3 atom stereocenters. The van der Waals surface area contributed by atoms with Crippen molar-refractivity contribution in [1.82, 2.24) is 10.2 Å². The van der Waals surface area contributed by atoms with Gasteiger partial charge in [0.15, 0.2) is 0 Å². The monoisotopic (exact) mass is 586 g/mol. The van der Waals surface area contributed by atoms with Gasteiger partial charge in [-0.25, -0.2) is 0 Å². The Kier molecular flexibility index (Phi) is 10.6. The molecule has 1 aromatic rings. The summed E-state index contributed by atoms with van der Waals surface area (Å²) in [6, 6.07) is 6.89. The summed E-state index contributed by atoms with van der Waals surface area (Å²) in [7, 11) is 1.56. The number of hydrogen-bond acceptors (Lipinski definition) is 6. The molecule has 3 N–H and O–H groups in total. The fourth-order valence-electron chi connectivity index (χ4n) is 4.77. The van der Waals surface area contributed by atoms with Crippen LogP contribution in [-0.4, -0.2) is 78.1 Å². The molecule has 0 aliphatic heterocycles. The molecule has 9 heteroatoms. The minimum atomic E-state index is -1.00. The highest BCUT2D eigenvalue weighted by molar-refractivity contribution is 14.1. The number of methoxy groups -OCH3 is 1. The summed E-state index contributed by atoms with van der Waals surface area (Å²) in [5, 5.41) is 23.3. The first-order chi connectivity index (χ1) is 16.5. The van der Waals surface area contributed by atoms with Crippen molar-refractivity contribution in [3.63, 3.8) is 0 Å². The molecule has 2 amide bonds. The van der Waals surface area contributed by atoms with E-state index in [1.165, 1.54) is 0 Å². The van der Waals surface area contributed by atoms with Crippen LogP contribution in [0, 0.1) is 3.57 Å². The van der Waals surface area contributed by atoms with E-state index < -0.39 is 18.2 Å². The maximum absolute atomic E-state index is 13.4. The van der Waals surface area contributed by atoms with Crippen LogP contribution >= 0.6 is 22.6 Å². The molecule has 1 aromatic carbocycles. The molecule has 2 aliphatic rings. The van der Waals surface area contributed by atoms with Crippen LogP contribution in [0.1, 0.15) is 44.9 Å². The lowest BCUT2D eigenvalue weighted by Crippen LogP contribution is -2.58. The van der Waals surface area contributed by atoms with Gasteiger partial charge >= 0.3 is 0 Å². The quantitative estimate of drug-likeness (QED) is 0.364. The Bertz CT molecular complexity index is 858. The summed E-state index contributed by atoms with van der Waals surface area (Å²) in [5.41, 5.74) is 0.444. The number of para-hydroxylation sites is 1. The average Bonchev–Trinajstić information content (AvgIpc) is 2.85. The molecule has 188 valence electrons. The van der Waals surface area contributed by atoms with E-state index in [9.17, 15) is 14.7 Å². The minimum Gasteiger partial charge on any atom is -0.482 e. The van der Waals surface area contributed by atoms with Gasteiger partial charge in [0, 0.05) is 31.7 Å². The van der Waals surface area contributed by atoms with Crippen LogP contribution in [0.5, 0.6) is 5.75 Å². The van der Waals surface area contributed by atoms with Crippen LogP contribution in [0.4, 0.5) is 0 Å². The second-order valence-corrected chi connectivity index (χ2v) is 9.94. The predicted molar refractivity (Wildman–Crippen MR) is 136 cm³/mol. The smallest absolute Gasteiger partial charge is 0.247 e. The number of aliphatic hydroxyl groups is 2. The third-order valence-corrected chi connectivity index (χ3v) is 7.34. The van der Waals surface area contributed by atoms with Crippen molar-refractivity contribution < 1.29 is 29.3 Å². The van der Waals surface area contributed by atoms with Gasteiger partial charge < -0.3 is 29.9 Å². The van der Waals surface area contributed by atoms with E-state index >= 15 is 0 Å². The number of hydrogen-bond donors (Lipinski definition) is 3. The SMILES string of the molecule is COCCC(=O)N(C1CCCCC1)C1CC(C(=O)NCCO)=CC(Oc2ccccc2I)C1O. The molecule has 1 fully saturated rings. The van der Waals surface area contributed by atoms with E-state index in [4.69, 9.17) is 14.6 Å². The maximum Gasteiger partial charge on any atom is 0.247 e. The lowest BCUT2D eigenvalue weighted by atomic mass is 9.85. The highest BCUT2D eigenvalue weighted by atomic mass is 127. The van der Waals surface area contributed by atoms with Crippen molar-refractivity contribution in [1.29, 1.82) is 0 Å². The summed E-state index contributed by atoms with van der Waals surface area (Å²) in [6.45, 7) is 0.258. The number of carbonyl (C=O) groups is 2. The molecule has 34 heavy (non-hydrogen) atoms. The van der Waals surface area contributed by atoms with E-state index in [1.807, 2.05) is 29.2 Å². The molecular formula is C25H35IN2O6. The summed E-state index contributed by atoms with van der Waals surface area (Å²) < 4.78 is 12.2. The van der Waals surface area contributed by atoms with Crippen molar-refractivity contribution >= 4 is 34.4 Å². The molecule has 0 bridgehead atoms. The van der Waals surface area contributed by atoms with Gasteiger partial charge in [-0.3, -0.25) is 9.59 Å². The standard InChI is InChI=1S/C25H35IN2O6/c1-33-14-11-23(30)28(18-7-3-2-4-8-18)20-15-17(25(32)27-12-13-29)16-22(24(20)31)34-21-10-6-5-9-19(21)26/h5-6,9-10,16,18,20,22,24,29,31H,2-4,7-8,11-15H2,1H3,(H,27,32). The number of nitrogens with zero attached hydrogens (tertiary/aromatic N) is 1. The van der Waals surface area contributed by atoms with Gasteiger partial charge in [0.25, 0.3) is 0 Å². The highest BCUT2D eigenvalue weighted by Crippen LogP contribution is 2.33. The molecule has 2 aliphatic carbocycles. The van der Waals surface area contributed by atoms with Crippen molar-refractivity contribution in [3.05, 3.63) is 39.5 Å². The second kappa shape index (κ2) is 13.4. The normalized spacial score (nSPS) is 23.2. The van der Waals surface area contributed by atoms with E-state index in [0.29, 0.717) is 17.9 Å². The number of halogens is 1. The van der Waals surface area contributed by atoms with Gasteiger partial charge in [-0.2, -0.15) is 0 Å². The van der Waals surface area contributed by atoms with Crippen molar-refractivity contribution in [2.75, 3.05) is 26.9 Å². The largest absolute Gasteiger partial charge is 0.482 e. The topological polar surface area (TPSA) is 108 Å². The van der Waals surface area contributed by atoms with Crippen LogP contribution in [0.25, 0.3) is 0 Å². The van der Waals surface area contributed by atoms with Crippen LogP contribution in [0.2, 0.25) is 0 Å². The molecule has 0 spiro atoms. The summed E-state index contributed by atoms with van der Waals surface area (Å²) in [5.74, 6) is 0.201. The predicted octanol–water partition coefficient (Wildman–Crippen LogP) is 2.40. The zero-order chi connectivity index (χ0) is 24.5. The lowest BCUT2D eigenvalue weighted by Gasteiger charge is -2.45. The number of aliphatic hydroxyl groups excluding tert-OH is 2. The number of rotatable bonds is 10. The van der Waals surface area contributed by atoms with Gasteiger partial charge in [0.05, 0.1) is 29.2 Å². The number of amides is 2. The molecule has 8 nitrogen and oxygen atoms in total. The van der Waals surface area contributed by atoms with Gasteiger partial charge in [0.2, 0.25) is 11.8 Å². The molecule has 0 heterocycles. The van der Waals surface area contributed by atoms with Crippen molar-refractivity contribution in [2.24, 2.45) is 0 Å². The fraction of sp³-hybridized carbons (Fsp3) is 0.600. The molecule has 3 unspecified atom stereocenters. The lowest BCUT2D eigenvalue weighted by molar-refractivity contribution is -0.144. The first-order valence-corrected chi connectivity index (χ1v) is 13.0. The zero-order valence-corrected chi connectivity index (χ0v) is 21.8. The maximum atomic E-state index is 13.4.